The first-order valence-corrected chi connectivity index (χ1v) is 15.2. The fourth-order valence-electron chi connectivity index (χ4n) is 7.66. The van der Waals surface area contributed by atoms with Crippen molar-refractivity contribution >= 4 is 75.9 Å². The van der Waals surface area contributed by atoms with Crippen molar-refractivity contribution in [2.75, 3.05) is 0 Å². The van der Waals surface area contributed by atoms with Crippen LogP contribution < -0.4 is 0 Å². The molecule has 0 N–H and O–H groups in total. The SMILES string of the molecule is c1ccc(-n2c3ccccc3c3ccc(-n4c5ccc6ccccc6c5c5c6ccccc6c6ccccc6c54)cc32)cc1. The minimum absolute atomic E-state index is 1.16. The van der Waals surface area contributed by atoms with Gasteiger partial charge in [0.2, 0.25) is 0 Å². The van der Waals surface area contributed by atoms with Gasteiger partial charge >= 0.3 is 0 Å². The van der Waals surface area contributed by atoms with Crippen LogP contribution in [0, 0.1) is 0 Å². The molecule has 0 fully saturated rings. The van der Waals surface area contributed by atoms with E-state index in [-0.39, 0.29) is 0 Å². The summed E-state index contributed by atoms with van der Waals surface area (Å²) in [6.45, 7) is 0. The maximum absolute atomic E-state index is 2.51. The van der Waals surface area contributed by atoms with Gasteiger partial charge in [0.25, 0.3) is 0 Å². The molecule has 2 heterocycles. The van der Waals surface area contributed by atoms with Gasteiger partial charge in [0.15, 0.2) is 0 Å². The van der Waals surface area contributed by atoms with E-state index in [0.29, 0.717) is 0 Å². The van der Waals surface area contributed by atoms with E-state index in [0.717, 1.165) is 5.69 Å². The summed E-state index contributed by atoms with van der Waals surface area (Å²) in [5, 5.41) is 12.8. The lowest BCUT2D eigenvalue weighted by Gasteiger charge is -2.13. The molecule has 8 aromatic carbocycles. The lowest BCUT2D eigenvalue weighted by Crippen LogP contribution is -1.97. The molecule has 0 saturated carbocycles. The molecule has 2 heteroatoms. The first kappa shape index (κ1) is 23.7. The third-order valence-electron chi connectivity index (χ3n) is 9.46. The van der Waals surface area contributed by atoms with Crippen LogP contribution in [0.1, 0.15) is 0 Å². The van der Waals surface area contributed by atoms with Crippen molar-refractivity contribution in [1.82, 2.24) is 9.13 Å². The van der Waals surface area contributed by atoms with Gasteiger partial charge in [-0.25, -0.2) is 0 Å². The molecule has 44 heavy (non-hydrogen) atoms. The first-order chi connectivity index (χ1) is 21.9. The van der Waals surface area contributed by atoms with Gasteiger partial charge in [-0.1, -0.05) is 121 Å². The third kappa shape index (κ3) is 3.09. The highest BCUT2D eigenvalue weighted by molar-refractivity contribution is 6.35. The van der Waals surface area contributed by atoms with E-state index in [1.807, 2.05) is 0 Å². The largest absolute Gasteiger partial charge is 0.309 e. The molecule has 0 saturated heterocycles. The minimum Gasteiger partial charge on any atom is -0.309 e. The highest BCUT2D eigenvalue weighted by Crippen LogP contribution is 2.45. The summed E-state index contributed by atoms with van der Waals surface area (Å²) in [4.78, 5) is 0. The number of nitrogens with zero attached hydrogens (tertiary/aromatic N) is 2. The summed E-state index contributed by atoms with van der Waals surface area (Å²) >= 11 is 0. The normalized spacial score (nSPS) is 12.1. The van der Waals surface area contributed by atoms with Crippen molar-refractivity contribution in [3.05, 3.63) is 158 Å². The van der Waals surface area contributed by atoms with Crippen molar-refractivity contribution in [2.45, 2.75) is 0 Å². The summed E-state index contributed by atoms with van der Waals surface area (Å²) in [5.41, 5.74) is 7.23. The topological polar surface area (TPSA) is 9.86 Å². The molecular formula is C42H26N2. The van der Waals surface area contributed by atoms with Gasteiger partial charge in [-0.2, -0.15) is 0 Å². The van der Waals surface area contributed by atoms with Crippen LogP contribution >= 0.6 is 0 Å². The van der Waals surface area contributed by atoms with Gasteiger partial charge in [0.05, 0.1) is 22.1 Å². The molecule has 0 aliphatic rings. The van der Waals surface area contributed by atoms with Crippen molar-refractivity contribution < 1.29 is 0 Å². The van der Waals surface area contributed by atoms with E-state index in [4.69, 9.17) is 0 Å². The fraction of sp³-hybridized carbons (Fsp3) is 0. The first-order valence-electron chi connectivity index (χ1n) is 15.2. The van der Waals surface area contributed by atoms with E-state index in [9.17, 15) is 0 Å². The van der Waals surface area contributed by atoms with E-state index < -0.39 is 0 Å². The maximum Gasteiger partial charge on any atom is 0.0626 e. The molecule has 2 aromatic heterocycles. The maximum atomic E-state index is 2.51. The molecule has 0 atom stereocenters. The zero-order chi connectivity index (χ0) is 28.8. The zero-order valence-electron chi connectivity index (χ0n) is 23.9. The molecule has 0 spiro atoms. The van der Waals surface area contributed by atoms with Crippen LogP contribution in [0.15, 0.2) is 158 Å². The number of benzene rings is 8. The van der Waals surface area contributed by atoms with Crippen LogP contribution in [-0.4, -0.2) is 9.13 Å². The fourth-order valence-corrected chi connectivity index (χ4v) is 7.66. The number of hydrogen-bond acceptors (Lipinski definition) is 0. The van der Waals surface area contributed by atoms with Crippen LogP contribution in [0.5, 0.6) is 0 Å². The average Bonchev–Trinajstić information content (AvgIpc) is 3.62. The standard InChI is InChI=1S/C42H26N2/c1-2-13-28(14-3-1)43-37-21-11-10-18-33(37)34-24-23-29(26-39(34)43)44-38-25-22-27-12-4-5-15-30(27)40(38)41-35-19-8-6-16-31(35)32-17-7-9-20-36(32)42(41)44/h1-26H. The Hall–Kier alpha value is -5.86. The summed E-state index contributed by atoms with van der Waals surface area (Å²) in [7, 11) is 0. The van der Waals surface area contributed by atoms with Crippen LogP contribution in [0.3, 0.4) is 0 Å². The van der Waals surface area contributed by atoms with Crippen LogP contribution in [0.2, 0.25) is 0 Å². The number of fused-ring (bicyclic) bond motifs is 13. The number of para-hydroxylation sites is 2. The molecule has 0 aliphatic carbocycles. The highest BCUT2D eigenvalue weighted by atomic mass is 15.0. The van der Waals surface area contributed by atoms with Crippen molar-refractivity contribution in [3.8, 4) is 11.4 Å². The van der Waals surface area contributed by atoms with E-state index in [1.54, 1.807) is 0 Å². The Morgan fingerprint density at radius 3 is 1.73 bits per heavy atom. The summed E-state index contributed by atoms with van der Waals surface area (Å²) < 4.78 is 4.92. The van der Waals surface area contributed by atoms with Gasteiger partial charge in [-0.3, -0.25) is 0 Å². The second-order valence-electron chi connectivity index (χ2n) is 11.7. The van der Waals surface area contributed by atoms with Crippen molar-refractivity contribution in [1.29, 1.82) is 0 Å². The minimum atomic E-state index is 1.16. The summed E-state index contributed by atoms with van der Waals surface area (Å²) in [5.74, 6) is 0. The summed E-state index contributed by atoms with van der Waals surface area (Å²) in [6.07, 6.45) is 0. The predicted molar refractivity (Wildman–Crippen MR) is 188 cm³/mol. The second kappa shape index (κ2) is 8.82. The lowest BCUT2D eigenvalue weighted by atomic mass is 9.95. The van der Waals surface area contributed by atoms with Crippen molar-refractivity contribution in [2.24, 2.45) is 0 Å². The molecule has 0 radical (unpaired) electrons. The smallest absolute Gasteiger partial charge is 0.0626 e. The van der Waals surface area contributed by atoms with E-state index >= 15 is 0 Å². The Kier molecular flexibility index (Phi) is 4.75. The molecular weight excluding hydrogens is 532 g/mol. The van der Waals surface area contributed by atoms with Gasteiger partial charge in [0.1, 0.15) is 0 Å². The van der Waals surface area contributed by atoms with Gasteiger partial charge in [-0.05, 0) is 63.3 Å². The molecule has 204 valence electrons. The molecule has 10 rings (SSSR count). The Morgan fingerprint density at radius 1 is 0.295 bits per heavy atom. The second-order valence-corrected chi connectivity index (χ2v) is 11.7. The third-order valence-corrected chi connectivity index (χ3v) is 9.46. The van der Waals surface area contributed by atoms with E-state index in [2.05, 4.69) is 167 Å². The Labute approximate surface area is 253 Å². The average molecular weight is 559 g/mol. The van der Waals surface area contributed by atoms with Crippen molar-refractivity contribution in [3.63, 3.8) is 0 Å². The quantitative estimate of drug-likeness (QED) is 0.187. The van der Waals surface area contributed by atoms with Crippen LogP contribution in [0.25, 0.3) is 87.3 Å². The highest BCUT2D eigenvalue weighted by Gasteiger charge is 2.21. The monoisotopic (exact) mass is 558 g/mol. The van der Waals surface area contributed by atoms with Gasteiger partial charge in [-0.15, -0.1) is 0 Å². The Morgan fingerprint density at radius 2 is 0.909 bits per heavy atom. The van der Waals surface area contributed by atoms with Crippen LogP contribution in [-0.2, 0) is 0 Å². The van der Waals surface area contributed by atoms with E-state index in [1.165, 1.54) is 81.6 Å². The van der Waals surface area contributed by atoms with Gasteiger partial charge < -0.3 is 9.13 Å². The molecule has 10 aromatic rings. The molecule has 2 nitrogen and oxygen atoms in total. The zero-order valence-corrected chi connectivity index (χ0v) is 23.9. The lowest BCUT2D eigenvalue weighted by molar-refractivity contribution is 1.16. The predicted octanol–water partition coefficient (Wildman–Crippen LogP) is 11.3. The Balaban J connectivity index is 1.44. The Bertz CT molecular complexity index is 2760. The molecule has 0 aliphatic heterocycles. The number of aromatic nitrogens is 2. The van der Waals surface area contributed by atoms with Crippen LogP contribution in [0.4, 0.5) is 0 Å². The number of hydrogen-bond donors (Lipinski definition) is 0. The summed E-state index contributed by atoms with van der Waals surface area (Å²) in [6, 6.07) is 57.7. The molecule has 0 amide bonds. The molecule has 0 bridgehead atoms. The molecule has 0 unspecified atom stereocenters. The van der Waals surface area contributed by atoms with Gasteiger partial charge in [0, 0.05) is 38.3 Å². The number of rotatable bonds is 2.